The maximum absolute atomic E-state index is 13.5. The number of thioether (sulfide) groups is 1. The highest BCUT2D eigenvalue weighted by atomic mass is 32.2. The Morgan fingerprint density at radius 2 is 1.39 bits per heavy atom. The van der Waals surface area contributed by atoms with Crippen molar-refractivity contribution in [2.45, 2.75) is 72.2 Å². The minimum Gasteiger partial charge on any atom is -0.292 e. The minimum absolute atomic E-state index is 0.00509. The molecule has 0 amide bonds. The first-order valence-electron chi connectivity index (χ1n) is 12.2. The molecule has 0 heterocycles. The van der Waals surface area contributed by atoms with Crippen molar-refractivity contribution < 1.29 is 22.0 Å². The number of hydrogen-bond acceptors (Lipinski definition) is 2. The SMILES string of the molecule is C#C.C/C=C/C/C=C\CC/C(=C\C)SC(F)(F)F.C/C=C\CCC(=NC)c1c(F)cccc1F.C=C.CC. The lowest BCUT2D eigenvalue weighted by Gasteiger charge is -2.07. The molecule has 0 unspecified atom stereocenters. The predicted octanol–water partition coefficient (Wildman–Crippen LogP) is 11.3. The fraction of sp³-hybridized carbons (Fsp3) is 0.387. The van der Waals surface area contributed by atoms with Crippen LogP contribution in [0.3, 0.4) is 0 Å². The Bertz CT molecular complexity index is 843. The maximum Gasteiger partial charge on any atom is 0.446 e. The number of allylic oxidation sites excluding steroid dienone is 8. The van der Waals surface area contributed by atoms with Gasteiger partial charge in [-0.3, -0.25) is 4.99 Å². The zero-order chi connectivity index (χ0) is 30.4. The van der Waals surface area contributed by atoms with Gasteiger partial charge in [0.05, 0.1) is 5.56 Å². The summed E-state index contributed by atoms with van der Waals surface area (Å²) >= 11 is -0.0166. The van der Waals surface area contributed by atoms with E-state index in [1.54, 1.807) is 14.0 Å². The van der Waals surface area contributed by atoms with Crippen molar-refractivity contribution in [1.29, 1.82) is 0 Å². The van der Waals surface area contributed by atoms with Crippen LogP contribution in [-0.4, -0.2) is 18.3 Å². The lowest BCUT2D eigenvalue weighted by atomic mass is 10.0. The third-order valence-electron chi connectivity index (χ3n) is 4.11. The van der Waals surface area contributed by atoms with Gasteiger partial charge in [-0.1, -0.05) is 62.4 Å². The van der Waals surface area contributed by atoms with E-state index in [9.17, 15) is 22.0 Å². The first kappa shape index (κ1) is 42.2. The van der Waals surface area contributed by atoms with Crippen LogP contribution >= 0.6 is 11.8 Å². The van der Waals surface area contributed by atoms with Gasteiger partial charge in [0.1, 0.15) is 11.6 Å². The van der Waals surface area contributed by atoms with Crippen LogP contribution in [0.1, 0.15) is 72.3 Å². The lowest BCUT2D eigenvalue weighted by molar-refractivity contribution is -0.0322. The van der Waals surface area contributed by atoms with Crippen molar-refractivity contribution in [1.82, 2.24) is 0 Å². The smallest absolute Gasteiger partial charge is 0.292 e. The second-order valence-corrected chi connectivity index (χ2v) is 7.68. The third-order valence-corrected chi connectivity index (χ3v) is 5.04. The number of halogens is 5. The van der Waals surface area contributed by atoms with Crippen LogP contribution in [-0.2, 0) is 0 Å². The molecule has 0 aromatic heterocycles. The molecule has 0 aliphatic heterocycles. The van der Waals surface area contributed by atoms with Crippen LogP contribution in [0.4, 0.5) is 22.0 Å². The first-order valence-corrected chi connectivity index (χ1v) is 13.0. The summed E-state index contributed by atoms with van der Waals surface area (Å²) < 4.78 is 63.1. The average Bonchev–Trinajstić information content (AvgIpc) is 2.92. The predicted molar refractivity (Wildman–Crippen MR) is 161 cm³/mol. The highest BCUT2D eigenvalue weighted by Gasteiger charge is 2.29. The highest BCUT2D eigenvalue weighted by molar-refractivity contribution is 8.03. The van der Waals surface area contributed by atoms with Gasteiger partial charge in [-0.15, -0.1) is 26.0 Å². The molecule has 0 fully saturated rings. The Morgan fingerprint density at radius 3 is 1.82 bits per heavy atom. The van der Waals surface area contributed by atoms with E-state index in [1.165, 1.54) is 24.3 Å². The van der Waals surface area contributed by atoms with Crippen LogP contribution in [0.5, 0.6) is 0 Å². The molecule has 0 N–H and O–H groups in total. The molecule has 7 heteroatoms. The Morgan fingerprint density at radius 1 is 0.895 bits per heavy atom. The van der Waals surface area contributed by atoms with E-state index < -0.39 is 17.1 Å². The highest BCUT2D eigenvalue weighted by Crippen LogP contribution is 2.38. The number of alkyl halides is 3. The van der Waals surface area contributed by atoms with Crippen molar-refractivity contribution in [3.8, 4) is 12.8 Å². The number of nitrogens with zero attached hydrogens (tertiary/aromatic N) is 1. The number of benzene rings is 1. The zero-order valence-electron chi connectivity index (χ0n) is 23.6. The van der Waals surface area contributed by atoms with E-state index in [0.29, 0.717) is 29.9 Å². The topological polar surface area (TPSA) is 12.4 Å². The van der Waals surface area contributed by atoms with Gasteiger partial charge in [-0.2, -0.15) is 13.2 Å². The molecule has 1 aromatic carbocycles. The molecule has 0 saturated carbocycles. The minimum atomic E-state index is -4.17. The van der Waals surface area contributed by atoms with Crippen molar-refractivity contribution in [2.24, 2.45) is 4.99 Å². The van der Waals surface area contributed by atoms with Crippen molar-refractivity contribution in [3.05, 3.63) is 96.0 Å². The Labute approximate surface area is 232 Å². The summed E-state index contributed by atoms with van der Waals surface area (Å²) in [6.07, 6.45) is 24.4. The van der Waals surface area contributed by atoms with Gasteiger partial charge in [0, 0.05) is 12.8 Å². The number of aliphatic imine (C=N–C) groups is 1. The Kier molecular flexibility index (Phi) is 33.8. The summed E-state index contributed by atoms with van der Waals surface area (Å²) in [5, 5.41) is 0. The van der Waals surface area contributed by atoms with E-state index in [0.717, 1.165) is 12.8 Å². The van der Waals surface area contributed by atoms with Crippen LogP contribution in [0.25, 0.3) is 0 Å². The summed E-state index contributed by atoms with van der Waals surface area (Å²) in [5.41, 5.74) is -3.71. The Balaban J connectivity index is -0.000000254. The molecule has 0 aliphatic carbocycles. The fourth-order valence-corrected chi connectivity index (χ4v) is 3.20. The summed E-state index contributed by atoms with van der Waals surface area (Å²) in [4.78, 5) is 4.33. The van der Waals surface area contributed by atoms with Gasteiger partial charge >= 0.3 is 5.51 Å². The molecule has 38 heavy (non-hydrogen) atoms. The van der Waals surface area contributed by atoms with Crippen molar-refractivity contribution in [3.63, 3.8) is 0 Å². The van der Waals surface area contributed by atoms with Crippen LogP contribution in [0.2, 0.25) is 0 Å². The first-order chi connectivity index (χ1) is 18.2. The van der Waals surface area contributed by atoms with E-state index in [4.69, 9.17) is 0 Å². The molecule has 0 atom stereocenters. The molecule has 0 bridgehead atoms. The van der Waals surface area contributed by atoms with Crippen molar-refractivity contribution >= 4 is 17.5 Å². The second kappa shape index (κ2) is 30.4. The molecule has 214 valence electrons. The second-order valence-electron chi connectivity index (χ2n) is 6.49. The quantitative estimate of drug-likeness (QED) is 0.121. The largest absolute Gasteiger partial charge is 0.446 e. The lowest BCUT2D eigenvalue weighted by Crippen LogP contribution is -2.06. The van der Waals surface area contributed by atoms with Gasteiger partial charge in [0.2, 0.25) is 0 Å². The van der Waals surface area contributed by atoms with Crippen molar-refractivity contribution in [2.75, 3.05) is 7.05 Å². The normalized spacial score (nSPS) is 11.5. The Hall–Kier alpha value is -2.85. The molecule has 0 radical (unpaired) electrons. The van der Waals surface area contributed by atoms with E-state index in [2.05, 4.69) is 31.0 Å². The van der Waals surface area contributed by atoms with Gasteiger partial charge in [0.25, 0.3) is 0 Å². The van der Waals surface area contributed by atoms with Crippen LogP contribution in [0, 0.1) is 24.5 Å². The summed E-state index contributed by atoms with van der Waals surface area (Å²) in [5.74, 6) is -1.11. The standard InChI is InChI=1S/C13H15F2N.C12H17F3S.C2H6.C2H4.C2H2/c1-3-4-5-9-12(16-2)13-10(14)7-6-8-11(13)15;1-3-5-6-7-8-9-10-11(4-2)16-12(13,14)15;3*1-2/h3-4,6-8H,5,9H2,1-2H3;3-5,7-8H,6,9-10H2,1-2H3;1-2H3;1-2H2;1-2H/b4-3-,16-12?;5-3+,8-7-,11-4+;;;. The van der Waals surface area contributed by atoms with Gasteiger partial charge in [-0.05, 0) is 81.7 Å². The average molecular weight is 558 g/mol. The van der Waals surface area contributed by atoms with E-state index in [-0.39, 0.29) is 17.3 Å². The number of terminal acetylenes is 1. The molecule has 0 spiro atoms. The van der Waals surface area contributed by atoms with Gasteiger partial charge < -0.3 is 0 Å². The summed E-state index contributed by atoms with van der Waals surface area (Å²) in [6, 6.07) is 3.85. The van der Waals surface area contributed by atoms with E-state index >= 15 is 0 Å². The monoisotopic (exact) mass is 557 g/mol. The third kappa shape index (κ3) is 24.8. The molecular weight excluding hydrogens is 513 g/mol. The molecular formula is C31H44F5NS. The number of hydrogen-bond donors (Lipinski definition) is 0. The summed E-state index contributed by atoms with van der Waals surface area (Å²) in [6.45, 7) is 15.5. The molecule has 0 aliphatic rings. The maximum atomic E-state index is 13.5. The number of rotatable bonds is 10. The van der Waals surface area contributed by atoms with Gasteiger partial charge in [0.15, 0.2) is 0 Å². The molecule has 1 aromatic rings. The summed E-state index contributed by atoms with van der Waals surface area (Å²) in [7, 11) is 1.55. The molecule has 0 saturated heterocycles. The van der Waals surface area contributed by atoms with Crippen LogP contribution < -0.4 is 0 Å². The van der Waals surface area contributed by atoms with E-state index in [1.807, 2.05) is 64.2 Å². The van der Waals surface area contributed by atoms with Crippen LogP contribution in [0.15, 0.2) is 83.8 Å². The fourth-order valence-electron chi connectivity index (χ4n) is 2.57. The van der Waals surface area contributed by atoms with Gasteiger partial charge in [-0.25, -0.2) is 8.78 Å². The molecule has 1 nitrogen and oxygen atoms in total. The molecule has 1 rings (SSSR count). The zero-order valence-corrected chi connectivity index (χ0v) is 24.4.